The summed E-state index contributed by atoms with van der Waals surface area (Å²) in [6.45, 7) is 0. The van der Waals surface area contributed by atoms with Crippen LogP contribution < -0.4 is 5.32 Å². The third-order valence-electron chi connectivity index (χ3n) is 2.59. The number of para-hydroxylation sites is 1. The number of amides is 1. The summed E-state index contributed by atoms with van der Waals surface area (Å²) in [6, 6.07) is 5.21. The van der Waals surface area contributed by atoms with Crippen LogP contribution in [0.25, 0.3) is 11.0 Å². The van der Waals surface area contributed by atoms with E-state index in [4.69, 9.17) is 11.6 Å². The highest BCUT2D eigenvalue weighted by molar-refractivity contribution is 6.29. The molecule has 0 aliphatic rings. The Morgan fingerprint density at radius 1 is 1.15 bits per heavy atom. The zero-order valence-electron chi connectivity index (χ0n) is 10.1. The molecular formula is C13H8ClN5O. The van der Waals surface area contributed by atoms with Gasteiger partial charge in [0.15, 0.2) is 5.82 Å². The van der Waals surface area contributed by atoms with E-state index >= 15 is 0 Å². The first-order chi connectivity index (χ1) is 9.74. The lowest BCUT2D eigenvalue weighted by Gasteiger charge is -2.06. The van der Waals surface area contributed by atoms with Crippen LogP contribution in [-0.4, -0.2) is 25.8 Å². The van der Waals surface area contributed by atoms with Crippen molar-refractivity contribution in [3.63, 3.8) is 0 Å². The number of anilines is 1. The van der Waals surface area contributed by atoms with Crippen molar-refractivity contribution in [2.75, 3.05) is 5.32 Å². The molecule has 1 amide bonds. The molecule has 3 aromatic rings. The number of nitrogens with one attached hydrogen (secondary N) is 1. The molecule has 0 saturated carbocycles. The normalized spacial score (nSPS) is 10.4. The first kappa shape index (κ1) is 12.4. The second-order valence-corrected chi connectivity index (χ2v) is 4.30. The van der Waals surface area contributed by atoms with Gasteiger partial charge in [-0.25, -0.2) is 4.98 Å². The Kier molecular flexibility index (Phi) is 3.22. The first-order valence-electron chi connectivity index (χ1n) is 5.73. The molecule has 2 aromatic heterocycles. The maximum atomic E-state index is 12.2. The third-order valence-corrected chi connectivity index (χ3v) is 2.77. The van der Waals surface area contributed by atoms with Crippen molar-refractivity contribution in [1.82, 2.24) is 19.9 Å². The van der Waals surface area contributed by atoms with Crippen LogP contribution in [-0.2, 0) is 0 Å². The molecule has 0 aliphatic carbocycles. The summed E-state index contributed by atoms with van der Waals surface area (Å²) in [5, 5.41) is 2.84. The summed E-state index contributed by atoms with van der Waals surface area (Å²) in [7, 11) is 0. The lowest BCUT2D eigenvalue weighted by Crippen LogP contribution is -2.14. The van der Waals surface area contributed by atoms with Gasteiger partial charge in [0.1, 0.15) is 10.7 Å². The summed E-state index contributed by atoms with van der Waals surface area (Å²) in [6.07, 6.45) is 5.92. The first-order valence-corrected chi connectivity index (χ1v) is 6.10. The number of nitrogens with zero attached hydrogens (tertiary/aromatic N) is 4. The maximum absolute atomic E-state index is 12.2. The van der Waals surface area contributed by atoms with Gasteiger partial charge < -0.3 is 5.32 Å². The summed E-state index contributed by atoms with van der Waals surface area (Å²) in [5.74, 6) is -0.0592. The molecule has 0 bridgehead atoms. The highest BCUT2D eigenvalue weighted by Crippen LogP contribution is 2.15. The average molecular weight is 286 g/mol. The zero-order chi connectivity index (χ0) is 13.9. The maximum Gasteiger partial charge on any atom is 0.259 e. The number of carbonyl (C=O) groups excluding carboxylic acids is 1. The van der Waals surface area contributed by atoms with Gasteiger partial charge >= 0.3 is 0 Å². The Morgan fingerprint density at radius 2 is 2.00 bits per heavy atom. The molecule has 0 spiro atoms. The minimum atomic E-state index is -0.340. The van der Waals surface area contributed by atoms with Gasteiger partial charge in [-0.1, -0.05) is 17.7 Å². The van der Waals surface area contributed by atoms with Crippen LogP contribution in [0.1, 0.15) is 10.4 Å². The minimum absolute atomic E-state index is 0.209. The van der Waals surface area contributed by atoms with Crippen LogP contribution in [0.15, 0.2) is 43.0 Å². The average Bonchev–Trinajstić information content (AvgIpc) is 2.46. The molecule has 0 atom stereocenters. The molecule has 1 N–H and O–H groups in total. The van der Waals surface area contributed by atoms with E-state index < -0.39 is 0 Å². The van der Waals surface area contributed by atoms with Gasteiger partial charge in [-0.2, -0.15) is 0 Å². The van der Waals surface area contributed by atoms with Crippen LogP contribution in [0, 0.1) is 0 Å². The summed E-state index contributed by atoms with van der Waals surface area (Å²) >= 11 is 5.72. The monoisotopic (exact) mass is 285 g/mol. The Labute approximate surface area is 118 Å². The van der Waals surface area contributed by atoms with Crippen molar-refractivity contribution in [2.24, 2.45) is 0 Å². The number of benzene rings is 1. The molecule has 0 aliphatic heterocycles. The van der Waals surface area contributed by atoms with Crippen LogP contribution in [0.5, 0.6) is 0 Å². The van der Waals surface area contributed by atoms with E-state index in [0.29, 0.717) is 16.6 Å². The molecule has 7 heteroatoms. The molecule has 0 radical (unpaired) electrons. The van der Waals surface area contributed by atoms with Crippen molar-refractivity contribution >= 4 is 34.4 Å². The smallest absolute Gasteiger partial charge is 0.259 e. The Hall–Kier alpha value is -2.60. The fourth-order valence-electron chi connectivity index (χ4n) is 1.76. The predicted octanol–water partition coefficient (Wildman–Crippen LogP) is 2.33. The second kappa shape index (κ2) is 5.18. The highest BCUT2D eigenvalue weighted by Gasteiger charge is 2.12. The lowest BCUT2D eigenvalue weighted by molar-refractivity contribution is 0.102. The SMILES string of the molecule is O=C(Nc1cncc(Cl)n1)c1cccc2nccnc12. The number of hydrogen-bond acceptors (Lipinski definition) is 5. The summed E-state index contributed by atoms with van der Waals surface area (Å²) < 4.78 is 0. The van der Waals surface area contributed by atoms with Crippen LogP contribution in [0.3, 0.4) is 0 Å². The fourth-order valence-corrected chi connectivity index (χ4v) is 1.91. The number of hydrogen-bond donors (Lipinski definition) is 1. The molecule has 1 aromatic carbocycles. The Bertz CT molecular complexity index is 787. The van der Waals surface area contributed by atoms with Gasteiger partial charge in [0, 0.05) is 12.4 Å². The largest absolute Gasteiger partial charge is 0.305 e. The van der Waals surface area contributed by atoms with Crippen LogP contribution in [0.2, 0.25) is 5.15 Å². The molecular weight excluding hydrogens is 278 g/mol. The Morgan fingerprint density at radius 3 is 2.85 bits per heavy atom. The highest BCUT2D eigenvalue weighted by atomic mass is 35.5. The van der Waals surface area contributed by atoms with Crippen molar-refractivity contribution in [2.45, 2.75) is 0 Å². The molecule has 3 rings (SSSR count). The van der Waals surface area contributed by atoms with E-state index in [0.717, 1.165) is 0 Å². The van der Waals surface area contributed by atoms with Gasteiger partial charge in [-0.3, -0.25) is 19.7 Å². The van der Waals surface area contributed by atoms with E-state index in [2.05, 4.69) is 25.3 Å². The molecule has 20 heavy (non-hydrogen) atoms. The lowest BCUT2D eigenvalue weighted by atomic mass is 10.1. The number of halogens is 1. The number of rotatable bonds is 2. The molecule has 98 valence electrons. The minimum Gasteiger partial charge on any atom is -0.305 e. The zero-order valence-corrected chi connectivity index (χ0v) is 10.9. The summed E-state index contributed by atoms with van der Waals surface area (Å²) in [5.41, 5.74) is 1.59. The van der Waals surface area contributed by atoms with E-state index in [1.165, 1.54) is 18.6 Å². The molecule has 0 fully saturated rings. The van der Waals surface area contributed by atoms with Gasteiger partial charge in [0.25, 0.3) is 5.91 Å². The molecule has 6 nitrogen and oxygen atoms in total. The van der Waals surface area contributed by atoms with Crippen molar-refractivity contribution in [1.29, 1.82) is 0 Å². The number of carbonyl (C=O) groups is 1. The number of fused-ring (bicyclic) bond motifs is 1. The number of aromatic nitrogens is 4. The van der Waals surface area contributed by atoms with E-state index in [1.807, 2.05) is 0 Å². The van der Waals surface area contributed by atoms with Crippen molar-refractivity contribution < 1.29 is 4.79 Å². The third kappa shape index (κ3) is 2.41. The fraction of sp³-hybridized carbons (Fsp3) is 0. The predicted molar refractivity (Wildman–Crippen MR) is 74.5 cm³/mol. The molecule has 0 unspecified atom stereocenters. The topological polar surface area (TPSA) is 80.7 Å². The van der Waals surface area contributed by atoms with E-state index in [1.54, 1.807) is 24.4 Å². The summed E-state index contributed by atoms with van der Waals surface area (Å²) in [4.78, 5) is 28.4. The van der Waals surface area contributed by atoms with Crippen LogP contribution >= 0.6 is 11.6 Å². The van der Waals surface area contributed by atoms with Crippen molar-refractivity contribution in [3.05, 3.63) is 53.7 Å². The van der Waals surface area contributed by atoms with Gasteiger partial charge in [-0.05, 0) is 12.1 Å². The van der Waals surface area contributed by atoms with E-state index in [-0.39, 0.29) is 16.9 Å². The van der Waals surface area contributed by atoms with Gasteiger partial charge in [0.05, 0.1) is 23.5 Å². The van der Waals surface area contributed by atoms with Gasteiger partial charge in [-0.15, -0.1) is 0 Å². The van der Waals surface area contributed by atoms with Crippen LogP contribution in [0.4, 0.5) is 5.82 Å². The van der Waals surface area contributed by atoms with E-state index in [9.17, 15) is 4.79 Å². The quantitative estimate of drug-likeness (QED) is 0.781. The molecule has 2 heterocycles. The van der Waals surface area contributed by atoms with Gasteiger partial charge in [0.2, 0.25) is 0 Å². The standard InChI is InChI=1S/C13H8ClN5O/c14-10-6-15-7-11(18-10)19-13(20)8-2-1-3-9-12(8)17-5-4-16-9/h1-7H,(H,18,19,20). The second-order valence-electron chi connectivity index (χ2n) is 3.91. The van der Waals surface area contributed by atoms with Crippen molar-refractivity contribution in [3.8, 4) is 0 Å². The Balaban J connectivity index is 1.97. The molecule has 0 saturated heterocycles.